The van der Waals surface area contributed by atoms with E-state index < -0.39 is 41.3 Å². The molecule has 3 N–H and O–H groups in total. The van der Waals surface area contributed by atoms with Gasteiger partial charge in [0, 0.05) is 5.56 Å². The molecule has 1 aliphatic rings. The SMILES string of the molecule is COC(=O)[C@H]1[C@@H](c2ccccc2O)N[C@@](C)(C(=O)O)[C@@H]1C(=O)OC. The second kappa shape index (κ2) is 6.48. The molecule has 8 heteroatoms. The lowest BCUT2D eigenvalue weighted by molar-refractivity contribution is -0.162. The maximum atomic E-state index is 12.3. The Kier molecular flexibility index (Phi) is 4.79. The predicted octanol–water partition coefficient (Wildman–Crippen LogP) is 0.458. The number of carbonyl (C=O) groups is 3. The molecular formula is C16H19NO7. The Morgan fingerprint density at radius 2 is 1.71 bits per heavy atom. The van der Waals surface area contributed by atoms with Crippen molar-refractivity contribution >= 4 is 17.9 Å². The van der Waals surface area contributed by atoms with E-state index in [9.17, 15) is 24.6 Å². The van der Waals surface area contributed by atoms with Crippen LogP contribution in [-0.4, -0.2) is 47.9 Å². The fraction of sp³-hybridized carbons (Fsp3) is 0.438. The molecule has 1 fully saturated rings. The first kappa shape index (κ1) is 17.7. The molecule has 1 aliphatic heterocycles. The average molecular weight is 337 g/mol. The first-order chi connectivity index (χ1) is 11.3. The number of phenolic OH excluding ortho intramolecular Hbond substituents is 1. The van der Waals surface area contributed by atoms with Gasteiger partial charge in [0.05, 0.1) is 26.2 Å². The molecule has 24 heavy (non-hydrogen) atoms. The third-order valence-electron chi connectivity index (χ3n) is 4.44. The number of hydrogen-bond donors (Lipinski definition) is 3. The van der Waals surface area contributed by atoms with Gasteiger partial charge >= 0.3 is 17.9 Å². The van der Waals surface area contributed by atoms with Gasteiger partial charge < -0.3 is 19.7 Å². The Labute approximate surface area is 138 Å². The fourth-order valence-corrected chi connectivity index (χ4v) is 3.19. The molecule has 2 rings (SSSR count). The van der Waals surface area contributed by atoms with Crippen molar-refractivity contribution < 1.29 is 34.1 Å². The Balaban J connectivity index is 2.63. The maximum Gasteiger partial charge on any atom is 0.324 e. The van der Waals surface area contributed by atoms with Crippen molar-refractivity contribution in [1.29, 1.82) is 0 Å². The van der Waals surface area contributed by atoms with Crippen molar-refractivity contribution in [2.24, 2.45) is 11.8 Å². The zero-order valence-corrected chi connectivity index (χ0v) is 13.5. The number of aliphatic carboxylic acids is 1. The molecule has 1 heterocycles. The van der Waals surface area contributed by atoms with E-state index in [0.29, 0.717) is 5.56 Å². The van der Waals surface area contributed by atoms with E-state index in [1.165, 1.54) is 13.0 Å². The van der Waals surface area contributed by atoms with Crippen LogP contribution in [0.25, 0.3) is 0 Å². The molecule has 0 unspecified atom stereocenters. The van der Waals surface area contributed by atoms with Crippen LogP contribution >= 0.6 is 0 Å². The van der Waals surface area contributed by atoms with Crippen LogP contribution in [0.3, 0.4) is 0 Å². The number of methoxy groups -OCH3 is 2. The molecule has 1 saturated heterocycles. The molecule has 0 aliphatic carbocycles. The monoisotopic (exact) mass is 337 g/mol. The van der Waals surface area contributed by atoms with Gasteiger partial charge in [-0.1, -0.05) is 18.2 Å². The second-order valence-corrected chi connectivity index (χ2v) is 5.74. The molecule has 0 spiro atoms. The van der Waals surface area contributed by atoms with E-state index in [1.54, 1.807) is 18.2 Å². The van der Waals surface area contributed by atoms with Crippen molar-refractivity contribution in [3.63, 3.8) is 0 Å². The highest BCUT2D eigenvalue weighted by atomic mass is 16.5. The quantitative estimate of drug-likeness (QED) is 0.677. The zero-order chi connectivity index (χ0) is 18.1. The van der Waals surface area contributed by atoms with Crippen LogP contribution in [-0.2, 0) is 23.9 Å². The summed E-state index contributed by atoms with van der Waals surface area (Å²) < 4.78 is 9.47. The van der Waals surface area contributed by atoms with Crippen molar-refractivity contribution in [3.8, 4) is 5.75 Å². The summed E-state index contributed by atoms with van der Waals surface area (Å²) in [6.45, 7) is 1.30. The van der Waals surface area contributed by atoms with Crippen molar-refractivity contribution in [3.05, 3.63) is 29.8 Å². The molecular weight excluding hydrogens is 318 g/mol. The second-order valence-electron chi connectivity index (χ2n) is 5.74. The number of para-hydroxylation sites is 1. The van der Waals surface area contributed by atoms with E-state index in [2.05, 4.69) is 5.32 Å². The van der Waals surface area contributed by atoms with Crippen molar-refractivity contribution in [1.82, 2.24) is 5.32 Å². The topological polar surface area (TPSA) is 122 Å². The summed E-state index contributed by atoms with van der Waals surface area (Å²) in [5, 5.41) is 22.5. The lowest BCUT2D eigenvalue weighted by Crippen LogP contribution is -2.53. The van der Waals surface area contributed by atoms with Gasteiger partial charge in [-0.25, -0.2) is 0 Å². The number of rotatable bonds is 4. The minimum Gasteiger partial charge on any atom is -0.508 e. The van der Waals surface area contributed by atoms with Crippen LogP contribution in [0.4, 0.5) is 0 Å². The Bertz CT molecular complexity index is 674. The molecule has 8 nitrogen and oxygen atoms in total. The molecule has 0 radical (unpaired) electrons. The highest BCUT2D eigenvalue weighted by Gasteiger charge is 2.62. The lowest BCUT2D eigenvalue weighted by atomic mass is 9.78. The van der Waals surface area contributed by atoms with Crippen LogP contribution in [0.15, 0.2) is 24.3 Å². The number of hydrogen-bond acceptors (Lipinski definition) is 7. The number of benzene rings is 1. The smallest absolute Gasteiger partial charge is 0.324 e. The summed E-state index contributed by atoms with van der Waals surface area (Å²) in [6.07, 6.45) is 0. The van der Waals surface area contributed by atoms with Crippen molar-refractivity contribution in [2.75, 3.05) is 14.2 Å². The van der Waals surface area contributed by atoms with Crippen LogP contribution < -0.4 is 5.32 Å². The summed E-state index contributed by atoms with van der Waals surface area (Å²) in [4.78, 5) is 36.3. The highest BCUT2D eigenvalue weighted by Crippen LogP contribution is 2.46. The number of carboxylic acid groups (broad SMARTS) is 1. The Morgan fingerprint density at radius 3 is 2.21 bits per heavy atom. The number of carboxylic acids is 1. The Morgan fingerprint density at radius 1 is 1.12 bits per heavy atom. The third-order valence-corrected chi connectivity index (χ3v) is 4.44. The molecule has 0 bridgehead atoms. The maximum absolute atomic E-state index is 12.3. The number of phenols is 1. The molecule has 0 aromatic heterocycles. The van der Waals surface area contributed by atoms with Gasteiger partial charge in [0.2, 0.25) is 0 Å². The molecule has 130 valence electrons. The summed E-state index contributed by atoms with van der Waals surface area (Å²) in [5.74, 6) is -5.54. The first-order valence-corrected chi connectivity index (χ1v) is 7.22. The molecule has 0 saturated carbocycles. The fourth-order valence-electron chi connectivity index (χ4n) is 3.19. The van der Waals surface area contributed by atoms with Gasteiger partial charge in [-0.05, 0) is 13.0 Å². The molecule has 1 aromatic carbocycles. The van der Waals surface area contributed by atoms with Gasteiger partial charge in [-0.15, -0.1) is 0 Å². The zero-order valence-electron chi connectivity index (χ0n) is 13.5. The van der Waals surface area contributed by atoms with Gasteiger partial charge in [0.1, 0.15) is 17.2 Å². The van der Waals surface area contributed by atoms with E-state index >= 15 is 0 Å². The summed E-state index contributed by atoms with van der Waals surface area (Å²) >= 11 is 0. The van der Waals surface area contributed by atoms with Gasteiger partial charge in [-0.2, -0.15) is 0 Å². The number of aromatic hydroxyl groups is 1. The number of esters is 2. The number of ether oxygens (including phenoxy) is 2. The average Bonchev–Trinajstić information content (AvgIpc) is 2.88. The first-order valence-electron chi connectivity index (χ1n) is 7.22. The van der Waals surface area contributed by atoms with Gasteiger partial charge in [0.25, 0.3) is 0 Å². The van der Waals surface area contributed by atoms with Gasteiger partial charge in [-0.3, -0.25) is 19.7 Å². The van der Waals surface area contributed by atoms with E-state index in [1.807, 2.05) is 0 Å². The number of carbonyl (C=O) groups excluding carboxylic acids is 2. The largest absolute Gasteiger partial charge is 0.508 e. The van der Waals surface area contributed by atoms with Crippen molar-refractivity contribution in [2.45, 2.75) is 18.5 Å². The molecule has 4 atom stereocenters. The van der Waals surface area contributed by atoms with E-state index in [4.69, 9.17) is 9.47 Å². The summed E-state index contributed by atoms with van der Waals surface area (Å²) in [6, 6.07) is 5.26. The minimum absolute atomic E-state index is 0.123. The summed E-state index contributed by atoms with van der Waals surface area (Å²) in [5.41, 5.74) is -1.47. The predicted molar refractivity (Wildman–Crippen MR) is 81.0 cm³/mol. The normalized spacial score (nSPS) is 29.0. The minimum atomic E-state index is -1.76. The summed E-state index contributed by atoms with van der Waals surface area (Å²) in [7, 11) is 2.27. The van der Waals surface area contributed by atoms with Crippen LogP contribution in [0, 0.1) is 11.8 Å². The molecule has 0 amide bonds. The molecule has 1 aromatic rings. The van der Waals surface area contributed by atoms with Crippen LogP contribution in [0.5, 0.6) is 5.75 Å². The lowest BCUT2D eigenvalue weighted by Gasteiger charge is -2.26. The highest BCUT2D eigenvalue weighted by molar-refractivity contribution is 5.93. The van der Waals surface area contributed by atoms with Gasteiger partial charge in [0.15, 0.2) is 0 Å². The van der Waals surface area contributed by atoms with Crippen LogP contribution in [0.2, 0.25) is 0 Å². The van der Waals surface area contributed by atoms with E-state index in [-0.39, 0.29) is 5.75 Å². The van der Waals surface area contributed by atoms with E-state index in [0.717, 1.165) is 14.2 Å². The van der Waals surface area contributed by atoms with Crippen LogP contribution in [0.1, 0.15) is 18.5 Å². The Hall–Kier alpha value is -2.61. The number of nitrogens with one attached hydrogen (secondary N) is 1. The standard InChI is InChI=1S/C16H19NO7/c1-16(15(21)22)11(14(20)24-3)10(13(19)23-2)12(17-16)8-6-4-5-7-9(8)18/h4-7,10-12,17-18H,1-3H3,(H,21,22)/t10-,11+,12-,16-/m1/s1. The third kappa shape index (κ3) is 2.69.